The average molecular weight is 268 g/mol. The first-order valence-electron chi connectivity index (χ1n) is 7.35. The number of nitrogens with one attached hydrogen (secondary N) is 2. The first-order chi connectivity index (χ1) is 8.78. The van der Waals surface area contributed by atoms with E-state index in [0.717, 1.165) is 0 Å². The van der Waals surface area contributed by atoms with E-state index in [1.807, 2.05) is 27.7 Å². The molecule has 19 heavy (non-hydrogen) atoms. The molecule has 0 bridgehead atoms. The number of ether oxygens (including phenoxy) is 1. The van der Waals surface area contributed by atoms with Crippen molar-refractivity contribution >= 4 is 11.7 Å². The van der Waals surface area contributed by atoms with Crippen LogP contribution in [0.1, 0.15) is 66.2 Å². The van der Waals surface area contributed by atoms with Gasteiger partial charge in [0.15, 0.2) is 0 Å². The van der Waals surface area contributed by atoms with Gasteiger partial charge >= 0.3 is 5.97 Å². The number of carbonyl (C=O) groups excluding carboxylic acids is 1. The normalized spacial score (nSPS) is 18.9. The van der Waals surface area contributed by atoms with Crippen LogP contribution in [-0.2, 0) is 9.53 Å². The van der Waals surface area contributed by atoms with Gasteiger partial charge in [0.2, 0.25) is 0 Å². The lowest BCUT2D eigenvalue weighted by Crippen LogP contribution is -2.40. The number of rotatable bonds is 5. The van der Waals surface area contributed by atoms with Crippen molar-refractivity contribution in [2.75, 3.05) is 0 Å². The van der Waals surface area contributed by atoms with Gasteiger partial charge in [0.1, 0.15) is 11.3 Å². The number of hydrogen-bond donors (Lipinski definition) is 2. The Kier molecular flexibility index (Phi) is 5.98. The summed E-state index contributed by atoms with van der Waals surface area (Å²) in [6.07, 6.45) is 6.77. The molecule has 1 rings (SSSR count). The zero-order valence-electron chi connectivity index (χ0n) is 12.7. The van der Waals surface area contributed by atoms with Crippen LogP contribution >= 0.6 is 0 Å². The molecule has 0 spiro atoms. The molecule has 1 aliphatic carbocycles. The van der Waals surface area contributed by atoms with Crippen molar-refractivity contribution in [3.05, 3.63) is 0 Å². The van der Waals surface area contributed by atoms with Gasteiger partial charge in [-0.3, -0.25) is 5.41 Å². The molecule has 0 aromatic carbocycles. The summed E-state index contributed by atoms with van der Waals surface area (Å²) in [4.78, 5) is 11.7. The summed E-state index contributed by atoms with van der Waals surface area (Å²) in [5.41, 5.74) is -0.464. The lowest BCUT2D eigenvalue weighted by Gasteiger charge is -2.27. The molecule has 1 fully saturated rings. The summed E-state index contributed by atoms with van der Waals surface area (Å²) in [7, 11) is 0. The standard InChI is InChI=1S/C15H28N2O2/c1-11(17-12-8-6-5-7-9-12)10-13(16)14(18)19-15(2,3)4/h11-12,16-17H,5-10H2,1-4H3/t11-/m0/s1. The van der Waals surface area contributed by atoms with Gasteiger partial charge in [0.25, 0.3) is 0 Å². The SMILES string of the molecule is C[C@@H](CC(=N)C(=O)OC(C)(C)C)NC1CCCCC1. The van der Waals surface area contributed by atoms with Crippen LogP contribution in [0.2, 0.25) is 0 Å². The second kappa shape index (κ2) is 7.04. The molecule has 0 unspecified atom stereocenters. The molecule has 1 saturated carbocycles. The fraction of sp³-hybridized carbons (Fsp3) is 0.867. The second-order valence-corrected chi connectivity index (χ2v) is 6.59. The van der Waals surface area contributed by atoms with E-state index in [9.17, 15) is 4.79 Å². The van der Waals surface area contributed by atoms with Gasteiger partial charge in [0, 0.05) is 18.5 Å². The summed E-state index contributed by atoms with van der Waals surface area (Å²) >= 11 is 0. The molecule has 2 N–H and O–H groups in total. The summed E-state index contributed by atoms with van der Waals surface area (Å²) in [5, 5.41) is 11.3. The summed E-state index contributed by atoms with van der Waals surface area (Å²) in [5.74, 6) is -0.496. The third-order valence-electron chi connectivity index (χ3n) is 3.28. The Balaban J connectivity index is 2.32. The van der Waals surface area contributed by atoms with E-state index < -0.39 is 11.6 Å². The van der Waals surface area contributed by atoms with Crippen molar-refractivity contribution in [2.24, 2.45) is 0 Å². The molecular weight excluding hydrogens is 240 g/mol. The monoisotopic (exact) mass is 268 g/mol. The van der Waals surface area contributed by atoms with E-state index in [0.29, 0.717) is 12.5 Å². The average Bonchev–Trinajstić information content (AvgIpc) is 2.27. The van der Waals surface area contributed by atoms with Crippen LogP contribution < -0.4 is 5.32 Å². The van der Waals surface area contributed by atoms with Crippen LogP contribution in [0, 0.1) is 5.41 Å². The minimum Gasteiger partial charge on any atom is -0.456 e. The zero-order valence-corrected chi connectivity index (χ0v) is 12.7. The van der Waals surface area contributed by atoms with Crippen LogP contribution in [0.4, 0.5) is 0 Å². The molecule has 0 aromatic heterocycles. The summed E-state index contributed by atoms with van der Waals surface area (Å²) < 4.78 is 5.20. The molecule has 0 heterocycles. The molecule has 1 atom stereocenters. The topological polar surface area (TPSA) is 62.2 Å². The van der Waals surface area contributed by atoms with E-state index in [2.05, 4.69) is 5.32 Å². The molecule has 0 radical (unpaired) electrons. The first kappa shape index (κ1) is 16.2. The highest BCUT2D eigenvalue weighted by Gasteiger charge is 2.22. The fourth-order valence-electron chi connectivity index (χ4n) is 2.46. The van der Waals surface area contributed by atoms with E-state index >= 15 is 0 Å². The number of esters is 1. The van der Waals surface area contributed by atoms with Gasteiger partial charge < -0.3 is 10.1 Å². The molecule has 4 heteroatoms. The van der Waals surface area contributed by atoms with E-state index in [-0.39, 0.29) is 11.8 Å². The fourth-order valence-corrected chi connectivity index (χ4v) is 2.46. The van der Waals surface area contributed by atoms with Gasteiger partial charge in [-0.15, -0.1) is 0 Å². The first-order valence-corrected chi connectivity index (χ1v) is 7.35. The Labute approximate surface area is 116 Å². The van der Waals surface area contributed by atoms with Crippen molar-refractivity contribution in [3.8, 4) is 0 Å². The van der Waals surface area contributed by atoms with E-state index in [4.69, 9.17) is 10.1 Å². The van der Waals surface area contributed by atoms with Crippen molar-refractivity contribution < 1.29 is 9.53 Å². The molecule has 110 valence electrons. The summed E-state index contributed by atoms with van der Waals surface area (Å²) in [6, 6.07) is 0.707. The third kappa shape index (κ3) is 6.71. The van der Waals surface area contributed by atoms with Crippen molar-refractivity contribution in [1.82, 2.24) is 5.32 Å². The lowest BCUT2D eigenvalue weighted by molar-refractivity contribution is -0.146. The zero-order chi connectivity index (χ0) is 14.5. The third-order valence-corrected chi connectivity index (χ3v) is 3.28. The van der Waals surface area contributed by atoms with Crippen LogP contribution in [0.15, 0.2) is 0 Å². The number of hydrogen-bond acceptors (Lipinski definition) is 4. The Hall–Kier alpha value is -0.900. The van der Waals surface area contributed by atoms with Crippen LogP contribution in [0.5, 0.6) is 0 Å². The van der Waals surface area contributed by atoms with Gasteiger partial charge in [-0.2, -0.15) is 0 Å². The van der Waals surface area contributed by atoms with Crippen molar-refractivity contribution in [1.29, 1.82) is 5.41 Å². The highest BCUT2D eigenvalue weighted by Crippen LogP contribution is 2.18. The smallest absolute Gasteiger partial charge is 0.352 e. The molecule has 1 aliphatic rings. The maximum absolute atomic E-state index is 11.7. The predicted molar refractivity (Wildman–Crippen MR) is 77.7 cm³/mol. The lowest BCUT2D eigenvalue weighted by atomic mass is 9.94. The Morgan fingerprint density at radius 3 is 2.42 bits per heavy atom. The summed E-state index contributed by atoms with van der Waals surface area (Å²) in [6.45, 7) is 7.50. The molecule has 0 saturated heterocycles. The van der Waals surface area contributed by atoms with E-state index in [1.54, 1.807) is 0 Å². The van der Waals surface area contributed by atoms with Crippen LogP contribution in [-0.4, -0.2) is 29.4 Å². The maximum atomic E-state index is 11.7. The van der Waals surface area contributed by atoms with Crippen LogP contribution in [0.3, 0.4) is 0 Å². The van der Waals surface area contributed by atoms with Gasteiger partial charge in [-0.1, -0.05) is 19.3 Å². The Morgan fingerprint density at radius 2 is 1.89 bits per heavy atom. The molecule has 0 amide bonds. The van der Waals surface area contributed by atoms with Gasteiger partial charge in [0.05, 0.1) is 0 Å². The van der Waals surface area contributed by atoms with Gasteiger partial charge in [-0.25, -0.2) is 4.79 Å². The minimum absolute atomic E-state index is 0.0609. The van der Waals surface area contributed by atoms with Crippen LogP contribution in [0.25, 0.3) is 0 Å². The molecular formula is C15H28N2O2. The van der Waals surface area contributed by atoms with Crippen molar-refractivity contribution in [3.63, 3.8) is 0 Å². The predicted octanol–water partition coefficient (Wildman–Crippen LogP) is 3.05. The molecule has 0 aromatic rings. The highest BCUT2D eigenvalue weighted by atomic mass is 16.6. The maximum Gasteiger partial charge on any atom is 0.352 e. The van der Waals surface area contributed by atoms with E-state index in [1.165, 1.54) is 32.1 Å². The molecule has 4 nitrogen and oxygen atoms in total. The number of carbonyl (C=O) groups is 1. The van der Waals surface area contributed by atoms with Gasteiger partial charge in [-0.05, 0) is 40.5 Å². The minimum atomic E-state index is -0.524. The second-order valence-electron chi connectivity index (χ2n) is 6.59. The highest BCUT2D eigenvalue weighted by molar-refractivity contribution is 6.35. The quantitative estimate of drug-likeness (QED) is 0.595. The Morgan fingerprint density at radius 1 is 1.32 bits per heavy atom. The van der Waals surface area contributed by atoms with Crippen molar-refractivity contribution in [2.45, 2.75) is 83.9 Å². The largest absolute Gasteiger partial charge is 0.456 e. The molecule has 0 aliphatic heterocycles. The Bertz CT molecular complexity index is 315.